The van der Waals surface area contributed by atoms with E-state index in [1.165, 1.54) is 6.07 Å². The molecule has 2 aromatic carbocycles. The lowest BCUT2D eigenvalue weighted by Crippen LogP contribution is -2.42. The summed E-state index contributed by atoms with van der Waals surface area (Å²) in [5.41, 5.74) is 1.49. The van der Waals surface area contributed by atoms with Gasteiger partial charge in [0.25, 0.3) is 5.91 Å². The molecule has 0 spiro atoms. The number of aromatic nitrogens is 2. The number of halogens is 3. The third-order valence-corrected chi connectivity index (χ3v) is 5.93. The highest BCUT2D eigenvalue weighted by Gasteiger charge is 2.38. The SMILES string of the molecule is CN(Cc1ccc(OCC(=O)N2CCOCC2)cc1)CC(O)Cn1c(C(F)(F)F)nc2ccccc21. The zero-order chi connectivity index (χ0) is 25.7. The van der Waals surface area contributed by atoms with Gasteiger partial charge in [-0.1, -0.05) is 24.3 Å². The molecule has 1 aromatic heterocycles. The first-order chi connectivity index (χ1) is 17.2. The molecule has 1 N–H and O–H groups in total. The predicted octanol–water partition coefficient (Wildman–Crippen LogP) is 2.79. The van der Waals surface area contributed by atoms with Gasteiger partial charge in [-0.3, -0.25) is 9.69 Å². The number of ether oxygens (including phenoxy) is 2. The van der Waals surface area contributed by atoms with Crippen molar-refractivity contribution in [3.8, 4) is 5.75 Å². The molecule has 4 rings (SSSR count). The van der Waals surface area contributed by atoms with E-state index in [4.69, 9.17) is 9.47 Å². The summed E-state index contributed by atoms with van der Waals surface area (Å²) in [5, 5.41) is 10.6. The summed E-state index contributed by atoms with van der Waals surface area (Å²) >= 11 is 0. The zero-order valence-electron chi connectivity index (χ0n) is 19.9. The molecule has 1 amide bonds. The van der Waals surface area contributed by atoms with Gasteiger partial charge >= 0.3 is 6.18 Å². The van der Waals surface area contributed by atoms with Gasteiger partial charge in [0, 0.05) is 26.2 Å². The molecule has 0 bridgehead atoms. The predicted molar refractivity (Wildman–Crippen MR) is 126 cm³/mol. The van der Waals surface area contributed by atoms with Gasteiger partial charge in [-0.2, -0.15) is 13.2 Å². The maximum absolute atomic E-state index is 13.5. The van der Waals surface area contributed by atoms with E-state index in [0.717, 1.165) is 10.1 Å². The smallest absolute Gasteiger partial charge is 0.449 e. The van der Waals surface area contributed by atoms with E-state index in [2.05, 4.69) is 4.98 Å². The van der Waals surface area contributed by atoms with Crippen molar-refractivity contribution in [2.75, 3.05) is 46.5 Å². The molecule has 0 radical (unpaired) electrons. The minimum atomic E-state index is -4.62. The quantitative estimate of drug-likeness (QED) is 0.481. The molecule has 36 heavy (non-hydrogen) atoms. The van der Waals surface area contributed by atoms with Crippen molar-refractivity contribution in [1.29, 1.82) is 0 Å². The normalized spacial score (nSPS) is 15.4. The number of alkyl halides is 3. The summed E-state index contributed by atoms with van der Waals surface area (Å²) in [7, 11) is 1.78. The van der Waals surface area contributed by atoms with E-state index in [1.54, 1.807) is 42.3 Å². The summed E-state index contributed by atoms with van der Waals surface area (Å²) < 4.78 is 52.4. The van der Waals surface area contributed by atoms with Crippen LogP contribution in [0.3, 0.4) is 0 Å². The van der Waals surface area contributed by atoms with Gasteiger partial charge in [0.1, 0.15) is 5.75 Å². The first kappa shape index (κ1) is 25.9. The molecule has 0 aliphatic carbocycles. The van der Waals surface area contributed by atoms with E-state index >= 15 is 0 Å². The minimum absolute atomic E-state index is 0.0473. The maximum Gasteiger partial charge on any atom is 0.449 e. The summed E-state index contributed by atoms with van der Waals surface area (Å²) in [6, 6.07) is 13.6. The Morgan fingerprint density at radius 2 is 1.86 bits per heavy atom. The Morgan fingerprint density at radius 3 is 2.56 bits per heavy atom. The van der Waals surface area contributed by atoms with E-state index in [-0.39, 0.29) is 31.1 Å². The average molecular weight is 507 g/mol. The standard InChI is InChI=1S/C25H29F3N4O4/c1-30(14-18-6-8-20(9-7-18)36-17-23(34)31-10-12-35-13-11-31)15-19(33)16-32-22-5-3-2-4-21(22)29-24(32)25(26,27)28/h2-9,19,33H,10-17H2,1H3. The molecule has 1 aliphatic heterocycles. The lowest BCUT2D eigenvalue weighted by atomic mass is 10.2. The van der Waals surface area contributed by atoms with Crippen LogP contribution >= 0.6 is 0 Å². The molecule has 8 nitrogen and oxygen atoms in total. The number of hydrogen-bond acceptors (Lipinski definition) is 6. The highest BCUT2D eigenvalue weighted by Crippen LogP contribution is 2.31. The van der Waals surface area contributed by atoms with Crippen LogP contribution in [0.1, 0.15) is 11.4 Å². The number of amides is 1. The highest BCUT2D eigenvalue weighted by molar-refractivity contribution is 5.78. The highest BCUT2D eigenvalue weighted by atomic mass is 19.4. The number of likely N-dealkylation sites (N-methyl/N-ethyl adjacent to an activating group) is 1. The summed E-state index contributed by atoms with van der Waals surface area (Å²) in [6.07, 6.45) is -5.66. The Hall–Kier alpha value is -3.15. The fourth-order valence-corrected chi connectivity index (χ4v) is 4.22. The van der Waals surface area contributed by atoms with Crippen molar-refractivity contribution in [2.24, 2.45) is 0 Å². The van der Waals surface area contributed by atoms with E-state index < -0.39 is 18.1 Å². The molecule has 1 fully saturated rings. The molecule has 1 saturated heterocycles. The summed E-state index contributed by atoms with van der Waals surface area (Å²) in [5.74, 6) is -0.543. The number of para-hydroxylation sites is 2. The lowest BCUT2D eigenvalue weighted by molar-refractivity contribution is -0.147. The topological polar surface area (TPSA) is 80.1 Å². The largest absolute Gasteiger partial charge is 0.484 e. The second kappa shape index (κ2) is 11.3. The van der Waals surface area contributed by atoms with Gasteiger partial charge in [0.15, 0.2) is 6.61 Å². The Morgan fingerprint density at radius 1 is 1.17 bits per heavy atom. The average Bonchev–Trinajstić information content (AvgIpc) is 3.22. The van der Waals surface area contributed by atoms with E-state index in [0.29, 0.717) is 44.1 Å². The van der Waals surface area contributed by atoms with Gasteiger partial charge in [0.05, 0.1) is 36.9 Å². The third kappa shape index (κ3) is 6.54. The number of morpholine rings is 1. The maximum atomic E-state index is 13.5. The fourth-order valence-electron chi connectivity index (χ4n) is 4.22. The Kier molecular flexibility index (Phi) is 8.12. The molecular formula is C25H29F3N4O4. The van der Waals surface area contributed by atoms with Gasteiger partial charge in [-0.05, 0) is 36.9 Å². The van der Waals surface area contributed by atoms with Crippen LogP contribution in [0.2, 0.25) is 0 Å². The number of carbonyl (C=O) groups excluding carboxylic acids is 1. The summed E-state index contributed by atoms with van der Waals surface area (Å²) in [6.45, 7) is 2.55. The molecule has 1 aliphatic rings. The van der Waals surface area contributed by atoms with Gasteiger partial charge in [0.2, 0.25) is 5.82 Å². The number of carbonyl (C=O) groups is 1. The first-order valence-corrected chi connectivity index (χ1v) is 11.7. The van der Waals surface area contributed by atoms with Gasteiger partial charge in [-0.25, -0.2) is 4.98 Å². The minimum Gasteiger partial charge on any atom is -0.484 e. The van der Waals surface area contributed by atoms with Crippen LogP contribution in [0, 0.1) is 0 Å². The number of rotatable bonds is 9. The number of nitrogens with zero attached hydrogens (tertiary/aromatic N) is 4. The molecule has 11 heteroatoms. The van der Waals surface area contributed by atoms with Crippen LogP contribution in [0.15, 0.2) is 48.5 Å². The first-order valence-electron chi connectivity index (χ1n) is 11.7. The molecule has 3 aromatic rings. The van der Waals surface area contributed by atoms with Crippen LogP contribution in [-0.2, 0) is 28.8 Å². The number of fused-ring (bicyclic) bond motifs is 1. The van der Waals surface area contributed by atoms with Crippen LogP contribution in [-0.4, -0.2) is 83.0 Å². The second-order valence-corrected chi connectivity index (χ2v) is 8.81. The Bertz CT molecular complexity index is 1160. The number of hydrogen-bond donors (Lipinski definition) is 1. The third-order valence-electron chi connectivity index (χ3n) is 5.93. The number of aliphatic hydroxyl groups excluding tert-OH is 1. The van der Waals surface area contributed by atoms with Crippen molar-refractivity contribution >= 4 is 16.9 Å². The molecule has 0 saturated carbocycles. The van der Waals surface area contributed by atoms with Crippen LogP contribution in [0.5, 0.6) is 5.75 Å². The van der Waals surface area contributed by atoms with Crippen LogP contribution in [0.4, 0.5) is 13.2 Å². The van der Waals surface area contributed by atoms with E-state index in [9.17, 15) is 23.1 Å². The van der Waals surface area contributed by atoms with Gasteiger partial charge in [-0.15, -0.1) is 0 Å². The van der Waals surface area contributed by atoms with Crippen LogP contribution < -0.4 is 4.74 Å². The van der Waals surface area contributed by atoms with E-state index in [1.807, 2.05) is 17.0 Å². The van der Waals surface area contributed by atoms with Crippen LogP contribution in [0.25, 0.3) is 11.0 Å². The Labute approximate surface area is 206 Å². The lowest BCUT2D eigenvalue weighted by Gasteiger charge is -2.26. The molecule has 194 valence electrons. The molecule has 1 atom stereocenters. The zero-order valence-corrected chi connectivity index (χ0v) is 19.9. The van der Waals surface area contributed by atoms with Crippen molar-refractivity contribution in [3.63, 3.8) is 0 Å². The van der Waals surface area contributed by atoms with Crippen molar-refractivity contribution in [1.82, 2.24) is 19.4 Å². The number of imidazole rings is 1. The number of aliphatic hydroxyl groups is 1. The van der Waals surface area contributed by atoms with Gasteiger partial charge < -0.3 is 24.0 Å². The molecule has 1 unspecified atom stereocenters. The molecule has 2 heterocycles. The van der Waals surface area contributed by atoms with Crippen molar-refractivity contribution in [2.45, 2.75) is 25.4 Å². The monoisotopic (exact) mass is 506 g/mol. The van der Waals surface area contributed by atoms with Crippen molar-refractivity contribution < 1.29 is 32.5 Å². The summed E-state index contributed by atoms with van der Waals surface area (Å²) in [4.78, 5) is 19.5. The molecular weight excluding hydrogens is 477 g/mol. The second-order valence-electron chi connectivity index (χ2n) is 8.81. The Balaban J connectivity index is 1.30. The van der Waals surface area contributed by atoms with Crippen molar-refractivity contribution in [3.05, 3.63) is 59.9 Å². The number of benzene rings is 2. The fraction of sp³-hybridized carbons (Fsp3) is 0.440.